The summed E-state index contributed by atoms with van der Waals surface area (Å²) in [6, 6.07) is 72.8. The first-order chi connectivity index (χ1) is 35.9. The summed E-state index contributed by atoms with van der Waals surface area (Å²) in [6.07, 6.45) is 7.37. The Morgan fingerprint density at radius 1 is 0.417 bits per heavy atom. The summed E-state index contributed by atoms with van der Waals surface area (Å²) in [5.74, 6) is 0. The summed E-state index contributed by atoms with van der Waals surface area (Å²) < 4.78 is 17.8. The molecule has 0 amide bonds. The molecular weight excluding hydrogens is 873 g/mol. The van der Waals surface area contributed by atoms with Crippen molar-refractivity contribution in [2.45, 2.75) is 59.8 Å². The fourth-order valence-electron chi connectivity index (χ4n) is 9.71. The smallest absolute Gasteiger partial charge is 0.0998 e. The van der Waals surface area contributed by atoms with Gasteiger partial charge in [0, 0.05) is 43.6 Å². The number of hydrogen-bond donors (Lipinski definition) is 0. The number of benzene rings is 7. The molecule has 0 saturated heterocycles. The number of aryl methyl sites for hydroxylation is 5. The van der Waals surface area contributed by atoms with Crippen molar-refractivity contribution in [3.63, 3.8) is 0 Å². The zero-order valence-corrected chi connectivity index (χ0v) is 41.4. The molecule has 0 aliphatic carbocycles. The zero-order valence-electron chi connectivity index (χ0n) is 43.4. The van der Waals surface area contributed by atoms with Gasteiger partial charge in [-0.1, -0.05) is 178 Å². The molecule has 0 atom stereocenters. The van der Waals surface area contributed by atoms with Crippen LogP contribution in [0.25, 0.3) is 78.3 Å². The lowest BCUT2D eigenvalue weighted by Crippen LogP contribution is -2.09. The van der Waals surface area contributed by atoms with Gasteiger partial charge < -0.3 is 0 Å². The Morgan fingerprint density at radius 3 is 1.49 bits per heavy atom. The van der Waals surface area contributed by atoms with Crippen molar-refractivity contribution in [2.75, 3.05) is 0 Å². The number of nitriles is 1. The Balaban J connectivity index is 1.04. The van der Waals surface area contributed by atoms with Gasteiger partial charge in [0.05, 0.1) is 28.7 Å². The van der Waals surface area contributed by atoms with Crippen LogP contribution in [0.2, 0.25) is 0 Å². The van der Waals surface area contributed by atoms with Crippen molar-refractivity contribution < 1.29 is 2.74 Å². The van der Waals surface area contributed by atoms with Gasteiger partial charge in [-0.25, -0.2) is 0 Å². The van der Waals surface area contributed by atoms with Gasteiger partial charge in [0.1, 0.15) is 0 Å². The molecule has 0 aliphatic rings. The van der Waals surface area contributed by atoms with Gasteiger partial charge in [0.2, 0.25) is 0 Å². The van der Waals surface area contributed by atoms with Gasteiger partial charge in [-0.3, -0.25) is 15.0 Å². The summed E-state index contributed by atoms with van der Waals surface area (Å²) in [7, 11) is 0. The molecule has 3 heterocycles. The lowest BCUT2D eigenvalue weighted by atomic mass is 9.86. The van der Waals surface area contributed by atoms with Crippen molar-refractivity contribution in [3.8, 4) is 84.3 Å². The second-order valence-electron chi connectivity index (χ2n) is 19.7. The Morgan fingerprint density at radius 2 is 0.931 bits per heavy atom. The van der Waals surface area contributed by atoms with Crippen molar-refractivity contribution in [1.82, 2.24) is 15.0 Å². The predicted octanol–water partition coefficient (Wildman–Crippen LogP) is 16.9. The van der Waals surface area contributed by atoms with E-state index >= 15 is 0 Å². The average molecular weight is 933 g/mol. The van der Waals surface area contributed by atoms with E-state index in [-0.39, 0.29) is 0 Å². The molecule has 0 saturated carbocycles. The Kier molecular flexibility index (Phi) is 13.2. The maximum Gasteiger partial charge on any atom is 0.0998 e. The number of hydrogen-bond acceptors (Lipinski definition) is 4. The third-order valence-corrected chi connectivity index (χ3v) is 13.3. The number of pyridine rings is 3. The maximum absolute atomic E-state index is 10.1. The van der Waals surface area contributed by atoms with Crippen molar-refractivity contribution in [1.29, 1.82) is 5.26 Å². The van der Waals surface area contributed by atoms with Crippen LogP contribution < -0.4 is 0 Å². The molecule has 3 aromatic heterocycles. The lowest BCUT2D eigenvalue weighted by Gasteiger charge is -2.19. The third-order valence-electron chi connectivity index (χ3n) is 13.3. The highest BCUT2D eigenvalue weighted by Gasteiger charge is 2.18. The van der Waals surface area contributed by atoms with Gasteiger partial charge >= 0.3 is 0 Å². The molecule has 0 N–H and O–H groups in total. The van der Waals surface area contributed by atoms with Gasteiger partial charge in [0.15, 0.2) is 0 Å². The monoisotopic (exact) mass is 932 g/mol. The molecule has 4 nitrogen and oxygen atoms in total. The summed E-state index contributed by atoms with van der Waals surface area (Å²) in [4.78, 5) is 14.0. The first kappa shape index (κ1) is 44.7. The van der Waals surface area contributed by atoms with Gasteiger partial charge in [-0.2, -0.15) is 5.26 Å². The highest BCUT2D eigenvalue weighted by Crippen LogP contribution is 2.42. The van der Waals surface area contributed by atoms with E-state index in [1.54, 1.807) is 6.20 Å². The molecule has 350 valence electrons. The van der Waals surface area contributed by atoms with E-state index in [1.807, 2.05) is 93.8 Å². The predicted molar refractivity (Wildman–Crippen MR) is 298 cm³/mol. The van der Waals surface area contributed by atoms with E-state index in [0.717, 1.165) is 104 Å². The number of nitrogens with zero attached hydrogens (tertiary/aromatic N) is 4. The highest BCUT2D eigenvalue weighted by atomic mass is 14.7. The average Bonchev–Trinajstić information content (AvgIpc) is 3.44. The van der Waals surface area contributed by atoms with Crippen LogP contribution in [0.1, 0.15) is 62.5 Å². The molecule has 0 radical (unpaired) electrons. The van der Waals surface area contributed by atoms with Gasteiger partial charge in [0.25, 0.3) is 0 Å². The summed E-state index contributed by atoms with van der Waals surface area (Å²) in [6.45, 7) is 7.81. The minimum Gasteiger partial charge on any atom is -0.256 e. The Hall–Kier alpha value is -8.52. The summed E-state index contributed by atoms with van der Waals surface area (Å²) in [5, 5.41) is 10.1. The van der Waals surface area contributed by atoms with Gasteiger partial charge in [-0.05, 0) is 159 Å². The van der Waals surface area contributed by atoms with Crippen LogP contribution in [0, 0.1) is 23.7 Å². The van der Waals surface area contributed by atoms with Crippen molar-refractivity contribution in [3.05, 3.63) is 258 Å². The standard InChI is InChI=1S/C68H58N4/c1-47-12-11-13-58(45-69)67(47)56-33-31-53(32-34-56)63-43-57(66-37-26-52(46-72-66)44-68(2,3)4)35-36-62(63)61-15-6-5-14-60(61)59-41-50(20-18-48-22-27-54(28-23-48)64-16-7-9-38-70-64)40-51(42-59)21-19-49-24-29-55(30-25-49)65-17-8-10-39-71-65/h5-17,22-43,46H,18-21,44H2,1-4H3/i44D2. The van der Waals surface area contributed by atoms with Crippen molar-refractivity contribution in [2.24, 2.45) is 5.41 Å². The molecule has 10 aromatic rings. The Labute approximate surface area is 428 Å². The van der Waals surface area contributed by atoms with Crippen LogP contribution in [0.15, 0.2) is 219 Å². The fourth-order valence-corrected chi connectivity index (χ4v) is 9.71. The Bertz CT molecular complexity index is 3490. The normalized spacial score (nSPS) is 11.9. The molecule has 10 rings (SSSR count). The third kappa shape index (κ3) is 11.1. The molecule has 7 aromatic carbocycles. The topological polar surface area (TPSA) is 62.5 Å². The molecule has 0 spiro atoms. The van der Waals surface area contributed by atoms with Crippen LogP contribution in [-0.2, 0) is 32.1 Å². The first-order valence-corrected chi connectivity index (χ1v) is 24.9. The first-order valence-electron chi connectivity index (χ1n) is 25.9. The molecule has 0 bridgehead atoms. The molecule has 4 heteroatoms. The molecule has 0 aliphatic heterocycles. The second kappa shape index (κ2) is 21.2. The minimum absolute atomic E-state index is 0.557. The quantitative estimate of drug-likeness (QED) is 0.109. The molecule has 72 heavy (non-hydrogen) atoms. The van der Waals surface area contributed by atoms with Crippen LogP contribution in [-0.4, -0.2) is 15.0 Å². The second-order valence-corrected chi connectivity index (χ2v) is 19.7. The molecule has 0 fully saturated rings. The van der Waals surface area contributed by atoms with Crippen molar-refractivity contribution >= 4 is 0 Å². The van der Waals surface area contributed by atoms with E-state index in [4.69, 9.17) is 7.73 Å². The van der Waals surface area contributed by atoms with E-state index < -0.39 is 11.8 Å². The highest BCUT2D eigenvalue weighted by molar-refractivity contribution is 5.94. The number of aromatic nitrogens is 3. The maximum atomic E-state index is 10.1. The summed E-state index contributed by atoms with van der Waals surface area (Å²) >= 11 is 0. The lowest BCUT2D eigenvalue weighted by molar-refractivity contribution is 0.411. The van der Waals surface area contributed by atoms with Crippen LogP contribution in [0.4, 0.5) is 0 Å². The fraction of sp³-hybridized carbons (Fsp3) is 0.147. The SMILES string of the molecule is [2H]C([2H])(c1ccc(-c2ccc(-c3ccccc3-c3cc(CCc4ccc(-c5ccccn5)cc4)cc(CCc4ccc(-c5ccccn5)cc4)c3)c(-c3ccc(-c4c(C)cccc4C#N)cc3)c2)nc1)C(C)(C)C. The largest absolute Gasteiger partial charge is 0.256 e. The molecule has 0 unspecified atom stereocenters. The minimum atomic E-state index is -1.56. The van der Waals surface area contributed by atoms with E-state index in [9.17, 15) is 5.26 Å². The van der Waals surface area contributed by atoms with E-state index in [2.05, 4.69) is 162 Å². The van der Waals surface area contributed by atoms with Crippen LogP contribution in [0.3, 0.4) is 0 Å². The van der Waals surface area contributed by atoms with E-state index in [1.165, 1.54) is 27.8 Å². The van der Waals surface area contributed by atoms with E-state index in [0.29, 0.717) is 11.1 Å². The molecular formula is C68H58N4. The number of rotatable bonds is 14. The van der Waals surface area contributed by atoms with Crippen LogP contribution >= 0.6 is 0 Å². The summed E-state index contributed by atoms with van der Waals surface area (Å²) in [5.41, 5.74) is 21.2. The van der Waals surface area contributed by atoms with Gasteiger partial charge in [-0.15, -0.1) is 0 Å². The van der Waals surface area contributed by atoms with Crippen LogP contribution in [0.5, 0.6) is 0 Å². The zero-order chi connectivity index (χ0) is 51.2.